The van der Waals surface area contributed by atoms with Gasteiger partial charge in [-0.05, 0) is 32.4 Å². The Kier molecular flexibility index (Phi) is 5.97. The Morgan fingerprint density at radius 1 is 1.53 bits per heavy atom. The zero-order valence-corrected chi connectivity index (χ0v) is 12.8. The molecule has 0 bridgehead atoms. The van der Waals surface area contributed by atoms with Crippen LogP contribution in [0.15, 0.2) is 5.16 Å². The molecular weight excluding hydrogens is 262 g/mol. The number of nitrogens with zero attached hydrogens (tertiary/aromatic N) is 1. The Morgan fingerprint density at radius 3 is 2.68 bits per heavy atom. The van der Waals surface area contributed by atoms with Crippen molar-refractivity contribution >= 4 is 23.5 Å². The quantitative estimate of drug-likeness (QED) is 0.312. The van der Waals surface area contributed by atoms with Crippen LogP contribution in [-0.4, -0.2) is 34.5 Å². The van der Waals surface area contributed by atoms with Crippen molar-refractivity contribution in [3.05, 3.63) is 0 Å². The average molecular weight is 287 g/mol. The maximum Gasteiger partial charge on any atom is 0.233 e. The number of rotatable bonds is 5. The third-order valence-corrected chi connectivity index (χ3v) is 5.37. The predicted molar refractivity (Wildman–Crippen MR) is 79.5 cm³/mol. The molecule has 0 aromatic carbocycles. The summed E-state index contributed by atoms with van der Waals surface area (Å²) in [5.41, 5.74) is 4.73. The molecule has 0 heterocycles. The number of carbonyl (C=O) groups is 1. The molecule has 0 saturated heterocycles. The van der Waals surface area contributed by atoms with Gasteiger partial charge >= 0.3 is 0 Å². The van der Waals surface area contributed by atoms with Gasteiger partial charge in [0.15, 0.2) is 5.84 Å². The lowest BCUT2D eigenvalue weighted by Crippen LogP contribution is -2.53. The maximum absolute atomic E-state index is 12.4. The Bertz CT molecular complexity index is 349. The highest BCUT2D eigenvalue weighted by molar-refractivity contribution is 7.99. The summed E-state index contributed by atoms with van der Waals surface area (Å²) in [5, 5.41) is 15.4. The molecule has 19 heavy (non-hydrogen) atoms. The molecule has 110 valence electrons. The number of carbonyl (C=O) groups excluding carboxylic acids is 1. The Balaban J connectivity index is 2.76. The summed E-state index contributed by atoms with van der Waals surface area (Å²) in [6.07, 6.45) is 7.10. The first kappa shape index (κ1) is 16.1. The van der Waals surface area contributed by atoms with Gasteiger partial charge in [0.2, 0.25) is 5.91 Å². The Labute approximate surface area is 119 Å². The fourth-order valence-electron chi connectivity index (χ4n) is 2.44. The summed E-state index contributed by atoms with van der Waals surface area (Å²) in [6.45, 7) is 3.58. The largest absolute Gasteiger partial charge is 0.409 e. The van der Waals surface area contributed by atoms with Gasteiger partial charge < -0.3 is 16.3 Å². The number of hydrogen-bond donors (Lipinski definition) is 3. The predicted octanol–water partition coefficient (Wildman–Crippen LogP) is 1.94. The van der Waals surface area contributed by atoms with E-state index in [1.165, 1.54) is 6.42 Å². The third-order valence-electron chi connectivity index (χ3n) is 4.20. The van der Waals surface area contributed by atoms with Crippen LogP contribution in [0.3, 0.4) is 0 Å². The van der Waals surface area contributed by atoms with Gasteiger partial charge in [-0.2, -0.15) is 11.8 Å². The van der Waals surface area contributed by atoms with Crippen molar-refractivity contribution in [3.8, 4) is 0 Å². The molecule has 0 aromatic rings. The first-order valence-electron chi connectivity index (χ1n) is 6.81. The Morgan fingerprint density at radius 2 is 2.16 bits per heavy atom. The topological polar surface area (TPSA) is 87.7 Å². The van der Waals surface area contributed by atoms with E-state index in [2.05, 4.69) is 16.7 Å². The van der Waals surface area contributed by atoms with Crippen LogP contribution in [0.25, 0.3) is 0 Å². The van der Waals surface area contributed by atoms with Gasteiger partial charge in [-0.15, -0.1) is 0 Å². The van der Waals surface area contributed by atoms with Gasteiger partial charge in [-0.25, -0.2) is 0 Å². The van der Waals surface area contributed by atoms with E-state index >= 15 is 0 Å². The van der Waals surface area contributed by atoms with Crippen LogP contribution in [0.2, 0.25) is 0 Å². The molecule has 0 radical (unpaired) electrons. The summed E-state index contributed by atoms with van der Waals surface area (Å²) >= 11 is 1.80. The number of hydrogen-bond acceptors (Lipinski definition) is 4. The average Bonchev–Trinajstić information content (AvgIpc) is 2.45. The molecule has 4 N–H and O–H groups in total. The second-order valence-electron chi connectivity index (χ2n) is 5.31. The van der Waals surface area contributed by atoms with Crippen LogP contribution in [-0.2, 0) is 4.79 Å². The standard InChI is InChI=1S/C13H25N3O2S/c1-4-13(2,11(14)16-18)12(17)15-9-7-5-6-8-10(9)19-3/h9-10,18H,4-8H2,1-3H3,(H2,14,16)(H,15,17). The molecule has 3 unspecified atom stereocenters. The van der Waals surface area contributed by atoms with E-state index in [0.29, 0.717) is 11.7 Å². The second kappa shape index (κ2) is 7.03. The molecule has 5 nitrogen and oxygen atoms in total. The van der Waals surface area contributed by atoms with Gasteiger partial charge in [-0.1, -0.05) is 24.9 Å². The lowest BCUT2D eigenvalue weighted by atomic mass is 9.84. The maximum atomic E-state index is 12.4. The minimum atomic E-state index is -0.935. The van der Waals surface area contributed by atoms with Gasteiger partial charge in [-0.3, -0.25) is 4.79 Å². The molecule has 3 atom stereocenters. The molecule has 0 aromatic heterocycles. The van der Waals surface area contributed by atoms with Crippen LogP contribution in [0.1, 0.15) is 46.0 Å². The second-order valence-corrected chi connectivity index (χ2v) is 6.39. The van der Waals surface area contributed by atoms with Crippen molar-refractivity contribution < 1.29 is 10.0 Å². The summed E-state index contributed by atoms with van der Waals surface area (Å²) in [7, 11) is 0. The molecule has 1 rings (SSSR count). The van der Waals surface area contributed by atoms with E-state index in [4.69, 9.17) is 10.9 Å². The van der Waals surface area contributed by atoms with Crippen LogP contribution >= 0.6 is 11.8 Å². The third kappa shape index (κ3) is 3.55. The zero-order chi connectivity index (χ0) is 14.5. The fraction of sp³-hybridized carbons (Fsp3) is 0.846. The van der Waals surface area contributed by atoms with Crippen LogP contribution in [0.4, 0.5) is 0 Å². The normalized spacial score (nSPS) is 27.6. The smallest absolute Gasteiger partial charge is 0.233 e. The van der Waals surface area contributed by atoms with Gasteiger partial charge in [0.1, 0.15) is 5.41 Å². The minimum absolute atomic E-state index is 0.0241. The van der Waals surface area contributed by atoms with E-state index in [9.17, 15) is 4.79 Å². The van der Waals surface area contributed by atoms with Crippen LogP contribution in [0, 0.1) is 5.41 Å². The van der Waals surface area contributed by atoms with Gasteiger partial charge in [0.05, 0.1) is 0 Å². The van der Waals surface area contributed by atoms with E-state index in [-0.39, 0.29) is 17.8 Å². The first-order chi connectivity index (χ1) is 8.99. The van der Waals surface area contributed by atoms with Crippen molar-refractivity contribution in [2.75, 3.05) is 6.26 Å². The number of oxime groups is 1. The molecule has 1 fully saturated rings. The molecule has 0 spiro atoms. The van der Waals surface area contributed by atoms with Gasteiger partial charge in [0.25, 0.3) is 0 Å². The lowest BCUT2D eigenvalue weighted by molar-refractivity contribution is -0.128. The van der Waals surface area contributed by atoms with E-state index in [0.717, 1.165) is 19.3 Å². The van der Waals surface area contributed by atoms with Crippen molar-refractivity contribution in [2.45, 2.75) is 57.2 Å². The number of thioether (sulfide) groups is 1. The molecule has 1 aliphatic carbocycles. The van der Waals surface area contributed by atoms with Crippen LogP contribution < -0.4 is 11.1 Å². The molecule has 1 saturated carbocycles. The lowest BCUT2D eigenvalue weighted by Gasteiger charge is -2.34. The molecule has 0 aliphatic heterocycles. The van der Waals surface area contributed by atoms with E-state index in [1.807, 2.05) is 6.92 Å². The summed E-state index contributed by atoms with van der Waals surface area (Å²) in [6, 6.07) is 0.189. The highest BCUT2D eigenvalue weighted by Gasteiger charge is 2.38. The highest BCUT2D eigenvalue weighted by atomic mass is 32.2. The van der Waals surface area contributed by atoms with Crippen molar-refractivity contribution in [2.24, 2.45) is 16.3 Å². The SMILES string of the molecule is CCC(C)(C(=O)NC1CCCCC1SC)C(N)=NO. The fourth-order valence-corrected chi connectivity index (χ4v) is 3.38. The summed E-state index contributed by atoms with van der Waals surface area (Å²) in [5.74, 6) is -0.166. The zero-order valence-electron chi connectivity index (χ0n) is 12.0. The van der Waals surface area contributed by atoms with Crippen molar-refractivity contribution in [1.82, 2.24) is 5.32 Å². The number of nitrogens with one attached hydrogen (secondary N) is 1. The van der Waals surface area contributed by atoms with E-state index in [1.54, 1.807) is 18.7 Å². The van der Waals surface area contributed by atoms with Crippen LogP contribution in [0.5, 0.6) is 0 Å². The van der Waals surface area contributed by atoms with Gasteiger partial charge in [0, 0.05) is 11.3 Å². The number of amidine groups is 1. The monoisotopic (exact) mass is 287 g/mol. The number of nitrogens with two attached hydrogens (primary N) is 1. The first-order valence-corrected chi connectivity index (χ1v) is 8.10. The Hall–Kier alpha value is -0.910. The van der Waals surface area contributed by atoms with E-state index < -0.39 is 5.41 Å². The molecule has 1 amide bonds. The molecule has 1 aliphatic rings. The summed E-state index contributed by atoms with van der Waals surface area (Å²) < 4.78 is 0. The van der Waals surface area contributed by atoms with Crippen molar-refractivity contribution in [3.63, 3.8) is 0 Å². The highest BCUT2D eigenvalue weighted by Crippen LogP contribution is 2.29. The number of amides is 1. The minimum Gasteiger partial charge on any atom is -0.409 e. The summed E-state index contributed by atoms with van der Waals surface area (Å²) in [4.78, 5) is 12.4. The van der Waals surface area contributed by atoms with Crippen molar-refractivity contribution in [1.29, 1.82) is 0 Å². The molecular formula is C13H25N3O2S. The molecule has 6 heteroatoms.